The number of thiocarbonyl (C=S) groups is 1. The molecule has 0 aliphatic heterocycles. The fraction of sp³-hybridized carbons (Fsp3) is 0.625. The number of nitrogens with one attached hydrogen (secondary N) is 2. The Hall–Kier alpha value is -1.36. The average Bonchev–Trinajstić information content (AvgIpc) is 2.35. The van der Waals surface area contributed by atoms with Crippen LogP contribution in [0.15, 0.2) is 18.2 Å². The predicted molar refractivity (Wildman–Crippen MR) is 88.9 cm³/mol. The van der Waals surface area contributed by atoms with Gasteiger partial charge in [0.05, 0.1) is 0 Å². The maximum absolute atomic E-state index is 5.71. The molecule has 1 aromatic heterocycles. The van der Waals surface area contributed by atoms with Gasteiger partial charge in [0.15, 0.2) is 5.11 Å². The second-order valence-corrected chi connectivity index (χ2v) is 7.63. The van der Waals surface area contributed by atoms with Crippen LogP contribution < -0.4 is 16.4 Å². The molecule has 112 valence electrons. The molecular weight excluding hydrogens is 280 g/mol. The van der Waals surface area contributed by atoms with E-state index in [2.05, 4.69) is 15.6 Å². The van der Waals surface area contributed by atoms with E-state index in [1.165, 1.54) is 38.5 Å². The lowest BCUT2D eigenvalue weighted by Crippen LogP contribution is -2.60. The Bertz CT molecular complexity index is 536. The van der Waals surface area contributed by atoms with E-state index in [4.69, 9.17) is 18.0 Å². The number of aromatic nitrogens is 1. The van der Waals surface area contributed by atoms with Gasteiger partial charge in [0.1, 0.15) is 11.6 Å². The summed E-state index contributed by atoms with van der Waals surface area (Å²) in [5.41, 5.74) is 5.94. The molecule has 0 amide bonds. The van der Waals surface area contributed by atoms with Crippen LogP contribution in [0.3, 0.4) is 0 Å². The zero-order chi connectivity index (χ0) is 14.4. The molecule has 4 fully saturated rings. The average molecular weight is 302 g/mol. The van der Waals surface area contributed by atoms with Crippen LogP contribution in [0.1, 0.15) is 38.5 Å². The van der Waals surface area contributed by atoms with Crippen molar-refractivity contribution in [1.82, 2.24) is 10.3 Å². The predicted octanol–water partition coefficient (Wildman–Crippen LogP) is 2.92. The molecule has 4 bridgehead atoms. The van der Waals surface area contributed by atoms with Crippen molar-refractivity contribution >= 4 is 29.0 Å². The first kappa shape index (κ1) is 13.3. The van der Waals surface area contributed by atoms with Gasteiger partial charge in [0, 0.05) is 5.54 Å². The lowest BCUT2D eigenvalue weighted by atomic mass is 9.53. The van der Waals surface area contributed by atoms with Crippen LogP contribution in [0.2, 0.25) is 0 Å². The largest absolute Gasteiger partial charge is 0.384 e. The summed E-state index contributed by atoms with van der Waals surface area (Å²) in [6.45, 7) is 0. The minimum absolute atomic E-state index is 0.235. The molecule has 0 radical (unpaired) electrons. The van der Waals surface area contributed by atoms with Gasteiger partial charge in [-0.2, -0.15) is 0 Å². The molecule has 0 atom stereocenters. The SMILES string of the molecule is Nc1cccc(NC(=S)NC23CC4CC(CC(C4)C2)C3)n1. The van der Waals surface area contributed by atoms with E-state index in [1.54, 1.807) is 6.07 Å². The molecule has 5 heteroatoms. The van der Waals surface area contributed by atoms with Gasteiger partial charge in [0.25, 0.3) is 0 Å². The third-order valence-corrected chi connectivity index (χ3v) is 5.63. The molecule has 4 N–H and O–H groups in total. The molecule has 0 spiro atoms. The number of rotatable bonds is 2. The third-order valence-electron chi connectivity index (χ3n) is 5.43. The second kappa shape index (κ2) is 4.83. The molecule has 0 saturated heterocycles. The Morgan fingerprint density at radius 2 is 1.76 bits per heavy atom. The first-order valence-corrected chi connectivity index (χ1v) is 8.33. The Morgan fingerprint density at radius 1 is 1.14 bits per heavy atom. The summed E-state index contributed by atoms with van der Waals surface area (Å²) in [4.78, 5) is 4.25. The van der Waals surface area contributed by atoms with Gasteiger partial charge < -0.3 is 16.4 Å². The highest BCUT2D eigenvalue weighted by molar-refractivity contribution is 7.80. The smallest absolute Gasteiger partial charge is 0.172 e. The molecule has 1 heterocycles. The quantitative estimate of drug-likeness (QED) is 0.733. The first-order chi connectivity index (χ1) is 10.1. The summed E-state index contributed by atoms with van der Waals surface area (Å²) in [6, 6.07) is 5.56. The van der Waals surface area contributed by atoms with E-state index in [0.717, 1.165) is 23.6 Å². The molecule has 4 nitrogen and oxygen atoms in total. The summed E-state index contributed by atoms with van der Waals surface area (Å²) in [7, 11) is 0. The number of nitrogens with two attached hydrogens (primary N) is 1. The van der Waals surface area contributed by atoms with E-state index >= 15 is 0 Å². The van der Waals surface area contributed by atoms with Crippen LogP contribution in [0.4, 0.5) is 11.6 Å². The Kier molecular flexibility index (Phi) is 3.06. The maximum atomic E-state index is 5.71. The van der Waals surface area contributed by atoms with E-state index in [-0.39, 0.29) is 5.54 Å². The van der Waals surface area contributed by atoms with Gasteiger partial charge in [0.2, 0.25) is 0 Å². The van der Waals surface area contributed by atoms with E-state index in [0.29, 0.717) is 10.9 Å². The van der Waals surface area contributed by atoms with E-state index in [9.17, 15) is 0 Å². The monoisotopic (exact) mass is 302 g/mol. The lowest BCUT2D eigenvalue weighted by Gasteiger charge is -2.57. The van der Waals surface area contributed by atoms with E-state index in [1.807, 2.05) is 12.1 Å². The van der Waals surface area contributed by atoms with Crippen LogP contribution in [0.5, 0.6) is 0 Å². The highest BCUT2D eigenvalue weighted by atomic mass is 32.1. The standard InChI is InChI=1S/C16H22N4S/c17-13-2-1-3-14(18-13)19-15(21)20-16-7-10-4-11(8-16)6-12(5-10)9-16/h1-3,10-12H,4-9H2,(H4,17,18,19,20,21). The molecule has 1 aromatic rings. The van der Waals surface area contributed by atoms with Gasteiger partial charge in [-0.05, 0) is 80.6 Å². The van der Waals surface area contributed by atoms with Crippen molar-refractivity contribution in [2.75, 3.05) is 11.1 Å². The Morgan fingerprint density at radius 3 is 2.33 bits per heavy atom. The molecule has 4 aliphatic rings. The van der Waals surface area contributed by atoms with E-state index < -0.39 is 0 Å². The number of hydrogen-bond acceptors (Lipinski definition) is 3. The van der Waals surface area contributed by atoms with Crippen molar-refractivity contribution in [3.63, 3.8) is 0 Å². The maximum Gasteiger partial charge on any atom is 0.172 e. The van der Waals surface area contributed by atoms with Crippen LogP contribution >= 0.6 is 12.2 Å². The van der Waals surface area contributed by atoms with Crippen LogP contribution in [-0.4, -0.2) is 15.6 Å². The van der Waals surface area contributed by atoms with Gasteiger partial charge in [-0.1, -0.05) is 6.07 Å². The molecule has 4 aliphatic carbocycles. The summed E-state index contributed by atoms with van der Waals surface area (Å²) in [6.07, 6.45) is 8.18. The van der Waals surface area contributed by atoms with Gasteiger partial charge in [-0.15, -0.1) is 0 Å². The van der Waals surface area contributed by atoms with Crippen molar-refractivity contribution in [3.8, 4) is 0 Å². The summed E-state index contributed by atoms with van der Waals surface area (Å²) in [5.74, 6) is 3.97. The van der Waals surface area contributed by atoms with Crippen LogP contribution in [-0.2, 0) is 0 Å². The lowest BCUT2D eigenvalue weighted by molar-refractivity contribution is -0.00972. The van der Waals surface area contributed by atoms with Crippen molar-refractivity contribution in [2.45, 2.75) is 44.1 Å². The molecule has 21 heavy (non-hydrogen) atoms. The van der Waals surface area contributed by atoms with Gasteiger partial charge in [-0.3, -0.25) is 0 Å². The minimum atomic E-state index is 0.235. The summed E-state index contributed by atoms with van der Waals surface area (Å²) in [5, 5.41) is 7.51. The molecule has 0 aromatic carbocycles. The number of anilines is 2. The topological polar surface area (TPSA) is 63.0 Å². The summed E-state index contributed by atoms with van der Waals surface area (Å²) < 4.78 is 0. The zero-order valence-electron chi connectivity index (χ0n) is 12.1. The fourth-order valence-corrected chi connectivity index (χ4v) is 5.49. The number of nitrogens with zero attached hydrogens (tertiary/aromatic N) is 1. The van der Waals surface area contributed by atoms with Crippen LogP contribution in [0, 0.1) is 17.8 Å². The van der Waals surface area contributed by atoms with Crippen molar-refractivity contribution in [3.05, 3.63) is 18.2 Å². The Balaban J connectivity index is 1.45. The third kappa shape index (κ3) is 2.59. The second-order valence-electron chi connectivity index (χ2n) is 7.22. The number of nitrogen functional groups attached to an aromatic ring is 1. The molecule has 4 saturated carbocycles. The minimum Gasteiger partial charge on any atom is -0.384 e. The van der Waals surface area contributed by atoms with Crippen molar-refractivity contribution in [1.29, 1.82) is 0 Å². The number of pyridine rings is 1. The van der Waals surface area contributed by atoms with Crippen molar-refractivity contribution in [2.24, 2.45) is 17.8 Å². The Labute approximate surface area is 130 Å². The highest BCUT2D eigenvalue weighted by Gasteiger charge is 2.51. The fourth-order valence-electron chi connectivity index (χ4n) is 5.17. The number of hydrogen-bond donors (Lipinski definition) is 3. The normalized spacial score (nSPS) is 36.5. The molecule has 5 rings (SSSR count). The molecular formula is C16H22N4S. The molecule has 0 unspecified atom stereocenters. The van der Waals surface area contributed by atoms with Gasteiger partial charge in [-0.25, -0.2) is 4.98 Å². The van der Waals surface area contributed by atoms with Gasteiger partial charge >= 0.3 is 0 Å². The van der Waals surface area contributed by atoms with Crippen LogP contribution in [0.25, 0.3) is 0 Å². The highest BCUT2D eigenvalue weighted by Crippen LogP contribution is 2.55. The summed E-state index contributed by atoms with van der Waals surface area (Å²) >= 11 is 5.51. The first-order valence-electron chi connectivity index (χ1n) is 7.92. The zero-order valence-corrected chi connectivity index (χ0v) is 13.0. The van der Waals surface area contributed by atoms with Crippen molar-refractivity contribution < 1.29 is 0 Å².